The summed E-state index contributed by atoms with van der Waals surface area (Å²) in [6.45, 7) is 2.73. The van der Waals surface area contributed by atoms with Crippen LogP contribution in [0.2, 0.25) is 0 Å². The Labute approximate surface area is 172 Å². The van der Waals surface area contributed by atoms with Gasteiger partial charge in [0.15, 0.2) is 5.96 Å². The van der Waals surface area contributed by atoms with E-state index in [1.807, 2.05) is 0 Å². The van der Waals surface area contributed by atoms with Crippen LogP contribution in [0, 0.1) is 0 Å². The summed E-state index contributed by atoms with van der Waals surface area (Å²) in [5.41, 5.74) is 2.29. The Balaban J connectivity index is 0.00000196. The lowest BCUT2D eigenvalue weighted by Gasteiger charge is -2.23. The summed E-state index contributed by atoms with van der Waals surface area (Å²) in [5, 5.41) is 6.90. The van der Waals surface area contributed by atoms with Crippen LogP contribution in [0.15, 0.2) is 17.1 Å². The molecule has 4 atom stereocenters. The highest BCUT2D eigenvalue weighted by atomic mass is 127. The van der Waals surface area contributed by atoms with Gasteiger partial charge in [0.1, 0.15) is 17.6 Å². The maximum absolute atomic E-state index is 5.91. The molecule has 2 saturated heterocycles. The van der Waals surface area contributed by atoms with Gasteiger partial charge in [-0.05, 0) is 38.3 Å². The van der Waals surface area contributed by atoms with Crippen LogP contribution < -0.4 is 20.1 Å². The van der Waals surface area contributed by atoms with E-state index in [9.17, 15) is 0 Å². The largest absolute Gasteiger partial charge is 0.496 e. The molecule has 2 N–H and O–H groups in total. The third-order valence-electron chi connectivity index (χ3n) is 5.40. The van der Waals surface area contributed by atoms with Crippen molar-refractivity contribution in [3.8, 4) is 11.5 Å². The molecule has 4 rings (SSSR count). The van der Waals surface area contributed by atoms with Crippen LogP contribution in [0.25, 0.3) is 0 Å². The normalized spacial score (nSPS) is 29.0. The molecular formula is C19H28IN3O3. The molecule has 0 spiro atoms. The molecule has 0 saturated carbocycles. The monoisotopic (exact) mass is 473 g/mol. The minimum atomic E-state index is 0. The first-order valence-corrected chi connectivity index (χ1v) is 9.15. The molecule has 144 valence electrons. The molecule has 2 fully saturated rings. The fourth-order valence-electron chi connectivity index (χ4n) is 4.15. The van der Waals surface area contributed by atoms with Gasteiger partial charge in [-0.3, -0.25) is 4.99 Å². The molecule has 0 aliphatic carbocycles. The zero-order chi connectivity index (χ0) is 17.4. The van der Waals surface area contributed by atoms with Crippen LogP contribution in [0.1, 0.15) is 37.3 Å². The van der Waals surface area contributed by atoms with Gasteiger partial charge in [0, 0.05) is 31.1 Å². The summed E-state index contributed by atoms with van der Waals surface area (Å²) in [6, 6.07) is 4.53. The Bertz CT molecular complexity index is 682. The first kappa shape index (κ1) is 19.5. The van der Waals surface area contributed by atoms with E-state index in [-0.39, 0.29) is 30.1 Å². The van der Waals surface area contributed by atoms with Crippen molar-refractivity contribution in [2.24, 2.45) is 4.99 Å². The smallest absolute Gasteiger partial charge is 0.191 e. The fraction of sp³-hybridized carbons (Fsp3) is 0.632. The van der Waals surface area contributed by atoms with E-state index in [1.165, 1.54) is 12.0 Å². The summed E-state index contributed by atoms with van der Waals surface area (Å²) in [7, 11) is 3.51. The highest BCUT2D eigenvalue weighted by molar-refractivity contribution is 14.0. The summed E-state index contributed by atoms with van der Waals surface area (Å²) in [5.74, 6) is 2.66. The fourth-order valence-corrected chi connectivity index (χ4v) is 4.15. The number of methoxy groups -OCH3 is 1. The van der Waals surface area contributed by atoms with Crippen LogP contribution in [-0.4, -0.2) is 44.5 Å². The molecule has 3 aliphatic rings. The molecule has 1 aromatic rings. The quantitative estimate of drug-likeness (QED) is 0.400. The molecule has 6 nitrogen and oxygen atoms in total. The lowest BCUT2D eigenvalue weighted by molar-refractivity contribution is 0.0992. The van der Waals surface area contributed by atoms with E-state index < -0.39 is 0 Å². The maximum atomic E-state index is 5.91. The number of rotatable bonds is 4. The first-order chi connectivity index (χ1) is 12.2. The third kappa shape index (κ3) is 3.88. The highest BCUT2D eigenvalue weighted by Gasteiger charge is 2.41. The molecule has 1 aromatic carbocycles. The molecule has 26 heavy (non-hydrogen) atoms. The van der Waals surface area contributed by atoms with Crippen LogP contribution >= 0.6 is 24.0 Å². The van der Waals surface area contributed by atoms with Crippen LogP contribution in [0.5, 0.6) is 11.5 Å². The van der Waals surface area contributed by atoms with Gasteiger partial charge in [-0.25, -0.2) is 0 Å². The van der Waals surface area contributed by atoms with Crippen molar-refractivity contribution in [1.29, 1.82) is 0 Å². The second kappa shape index (κ2) is 8.21. The molecular weight excluding hydrogens is 445 g/mol. The summed E-state index contributed by atoms with van der Waals surface area (Å²) >= 11 is 0. The van der Waals surface area contributed by atoms with Gasteiger partial charge >= 0.3 is 0 Å². The van der Waals surface area contributed by atoms with E-state index in [0.29, 0.717) is 24.8 Å². The summed E-state index contributed by atoms with van der Waals surface area (Å²) < 4.78 is 17.4. The van der Waals surface area contributed by atoms with Crippen LogP contribution in [0.4, 0.5) is 0 Å². The number of nitrogens with one attached hydrogen (secondary N) is 2. The maximum Gasteiger partial charge on any atom is 0.191 e. The average Bonchev–Trinajstić information content (AvgIpc) is 3.31. The molecule has 0 radical (unpaired) electrons. The second-order valence-electron chi connectivity index (χ2n) is 7.19. The van der Waals surface area contributed by atoms with E-state index in [0.717, 1.165) is 42.3 Å². The second-order valence-corrected chi connectivity index (χ2v) is 7.19. The van der Waals surface area contributed by atoms with Gasteiger partial charge in [0.25, 0.3) is 0 Å². The Hall–Kier alpha value is -1.22. The Morgan fingerprint density at radius 1 is 1.35 bits per heavy atom. The van der Waals surface area contributed by atoms with Crippen molar-refractivity contribution in [2.45, 2.75) is 63.5 Å². The lowest BCUT2D eigenvalue weighted by atomic mass is 9.96. The minimum absolute atomic E-state index is 0. The Morgan fingerprint density at radius 3 is 2.85 bits per heavy atom. The minimum Gasteiger partial charge on any atom is -0.496 e. The summed E-state index contributed by atoms with van der Waals surface area (Å²) in [4.78, 5) is 4.36. The van der Waals surface area contributed by atoms with E-state index >= 15 is 0 Å². The van der Waals surface area contributed by atoms with E-state index in [4.69, 9.17) is 14.2 Å². The van der Waals surface area contributed by atoms with Crippen molar-refractivity contribution in [3.63, 3.8) is 0 Å². The lowest BCUT2D eigenvalue weighted by Crippen LogP contribution is -2.47. The molecule has 3 aliphatic heterocycles. The topological polar surface area (TPSA) is 64.1 Å². The SMILES string of the molecule is CN=C(NCc1cc2c(cc1OC)CC(C)O2)NC1CC2CCC1O2.I. The molecule has 0 amide bonds. The van der Waals surface area contributed by atoms with Crippen molar-refractivity contribution < 1.29 is 14.2 Å². The number of hydrogen-bond acceptors (Lipinski definition) is 4. The molecule has 4 unspecified atom stereocenters. The molecule has 2 bridgehead atoms. The number of fused-ring (bicyclic) bond motifs is 3. The number of nitrogens with zero attached hydrogens (tertiary/aromatic N) is 1. The third-order valence-corrected chi connectivity index (χ3v) is 5.40. The average molecular weight is 473 g/mol. The number of aliphatic imine (C=N–C) groups is 1. The van der Waals surface area contributed by atoms with E-state index in [1.54, 1.807) is 14.2 Å². The number of hydrogen-bond donors (Lipinski definition) is 2. The molecule has 7 heteroatoms. The zero-order valence-electron chi connectivity index (χ0n) is 15.6. The van der Waals surface area contributed by atoms with Gasteiger partial charge in [0.2, 0.25) is 0 Å². The van der Waals surface area contributed by atoms with Gasteiger partial charge < -0.3 is 24.8 Å². The van der Waals surface area contributed by atoms with Gasteiger partial charge in [-0.15, -0.1) is 24.0 Å². The first-order valence-electron chi connectivity index (χ1n) is 9.15. The van der Waals surface area contributed by atoms with Crippen molar-refractivity contribution in [2.75, 3.05) is 14.2 Å². The Morgan fingerprint density at radius 2 is 2.19 bits per heavy atom. The predicted octanol–water partition coefficient (Wildman–Crippen LogP) is 2.62. The number of guanidine groups is 1. The number of ether oxygens (including phenoxy) is 3. The summed E-state index contributed by atoms with van der Waals surface area (Å²) in [6.07, 6.45) is 5.33. The van der Waals surface area contributed by atoms with Gasteiger partial charge in [-0.1, -0.05) is 0 Å². The number of halogens is 1. The number of benzene rings is 1. The zero-order valence-corrected chi connectivity index (χ0v) is 17.9. The van der Waals surface area contributed by atoms with Crippen LogP contribution in [-0.2, 0) is 17.7 Å². The van der Waals surface area contributed by atoms with Crippen molar-refractivity contribution in [1.82, 2.24) is 10.6 Å². The standard InChI is InChI=1S/C19H27N3O3.HI/c1-11-6-12-7-17(23-3)13(8-18(12)24-11)10-21-19(20-2)22-15-9-14-4-5-16(15)25-14;/h7-8,11,14-16H,4-6,9-10H2,1-3H3,(H2,20,21,22);1H. The van der Waals surface area contributed by atoms with Gasteiger partial charge in [-0.2, -0.15) is 0 Å². The van der Waals surface area contributed by atoms with Crippen LogP contribution in [0.3, 0.4) is 0 Å². The molecule has 3 heterocycles. The molecule has 0 aromatic heterocycles. The van der Waals surface area contributed by atoms with Gasteiger partial charge in [0.05, 0.1) is 25.4 Å². The predicted molar refractivity (Wildman–Crippen MR) is 112 cm³/mol. The van der Waals surface area contributed by atoms with E-state index in [2.05, 4.69) is 34.7 Å². The Kier molecular flexibility index (Phi) is 6.17. The van der Waals surface area contributed by atoms with Crippen molar-refractivity contribution in [3.05, 3.63) is 23.3 Å². The van der Waals surface area contributed by atoms with Crippen molar-refractivity contribution >= 4 is 29.9 Å². The highest BCUT2D eigenvalue weighted by Crippen LogP contribution is 2.35.